The molecule has 0 bridgehead atoms. The minimum absolute atomic E-state index is 0.333. The molecule has 3 atom stereocenters. The first-order valence-corrected chi connectivity index (χ1v) is 7.94. The van der Waals surface area contributed by atoms with E-state index in [-0.39, 0.29) is 5.91 Å². The number of carbonyl (C=O) groups is 4. The summed E-state index contributed by atoms with van der Waals surface area (Å²) < 4.78 is 0. The zero-order valence-corrected chi connectivity index (χ0v) is 14.6. The molecule has 0 aliphatic carbocycles. The van der Waals surface area contributed by atoms with E-state index in [0.717, 1.165) is 19.4 Å². The molecule has 0 radical (unpaired) electrons. The van der Waals surface area contributed by atoms with Crippen molar-refractivity contribution in [1.29, 1.82) is 0 Å². The lowest BCUT2D eigenvalue weighted by atomic mass is 10.1. The van der Waals surface area contributed by atoms with Gasteiger partial charge in [0.25, 0.3) is 0 Å². The Balaban J connectivity index is 4.58. The highest BCUT2D eigenvalue weighted by atomic mass is 16.4. The van der Waals surface area contributed by atoms with Crippen molar-refractivity contribution in [2.45, 2.75) is 58.2 Å². The normalized spacial score (nSPS) is 14.2. The summed E-state index contributed by atoms with van der Waals surface area (Å²) in [6.07, 6.45) is 2.04. The van der Waals surface area contributed by atoms with Gasteiger partial charge in [-0.3, -0.25) is 19.2 Å². The van der Waals surface area contributed by atoms with Crippen LogP contribution in [0, 0.1) is 0 Å². The number of nitrogens with one attached hydrogen (secondary N) is 4. The van der Waals surface area contributed by atoms with Crippen LogP contribution in [0.4, 0.5) is 0 Å². The molecular weight excluding hydrogens is 316 g/mol. The number of carbonyl (C=O) groups excluding carboxylic acids is 3. The number of aliphatic carboxylic acids is 1. The third kappa shape index (κ3) is 9.09. The Morgan fingerprint density at radius 2 is 1.50 bits per heavy atom. The second-order valence-corrected chi connectivity index (χ2v) is 5.65. The highest BCUT2D eigenvalue weighted by Crippen LogP contribution is 2.02. The van der Waals surface area contributed by atoms with Crippen molar-refractivity contribution in [3.8, 4) is 0 Å². The molecular formula is C15H28N4O5. The topological polar surface area (TPSA) is 137 Å². The van der Waals surface area contributed by atoms with Crippen LogP contribution in [0.25, 0.3) is 0 Å². The van der Waals surface area contributed by atoms with Crippen LogP contribution < -0.4 is 21.3 Å². The SMILES string of the molecule is CNCCCCC(NC(C)=O)C(=O)NC(C)C(=O)NC(C)C(=O)O. The molecule has 0 saturated heterocycles. The standard InChI is InChI=1S/C15H28N4O5/c1-9(13(21)18-10(2)15(23)24)17-14(22)12(19-11(3)20)7-5-6-8-16-4/h9-10,12,16H,5-8H2,1-4H3,(H,17,22)(H,18,21)(H,19,20)(H,23,24). The molecule has 0 rings (SSSR count). The number of carboxylic acids is 1. The smallest absolute Gasteiger partial charge is 0.325 e. The fourth-order valence-corrected chi connectivity index (χ4v) is 1.94. The third-order valence-electron chi connectivity index (χ3n) is 3.34. The van der Waals surface area contributed by atoms with E-state index in [1.165, 1.54) is 20.8 Å². The Labute approximate surface area is 141 Å². The van der Waals surface area contributed by atoms with Crippen LogP contribution in [0.5, 0.6) is 0 Å². The Bertz CT molecular complexity index is 455. The second kappa shape index (κ2) is 11.4. The van der Waals surface area contributed by atoms with Gasteiger partial charge in [-0.2, -0.15) is 0 Å². The van der Waals surface area contributed by atoms with E-state index < -0.39 is 35.9 Å². The average molecular weight is 344 g/mol. The molecule has 3 unspecified atom stereocenters. The molecule has 5 N–H and O–H groups in total. The molecule has 0 heterocycles. The predicted octanol–water partition coefficient (Wildman–Crippen LogP) is -1.03. The van der Waals surface area contributed by atoms with E-state index >= 15 is 0 Å². The van der Waals surface area contributed by atoms with Crippen molar-refractivity contribution in [2.75, 3.05) is 13.6 Å². The van der Waals surface area contributed by atoms with Crippen LogP contribution >= 0.6 is 0 Å². The van der Waals surface area contributed by atoms with Gasteiger partial charge in [0.15, 0.2) is 0 Å². The molecule has 9 heteroatoms. The first-order chi connectivity index (χ1) is 11.2. The number of amides is 3. The summed E-state index contributed by atoms with van der Waals surface area (Å²) in [4.78, 5) is 46.1. The monoisotopic (exact) mass is 344 g/mol. The second-order valence-electron chi connectivity index (χ2n) is 5.65. The van der Waals surface area contributed by atoms with Gasteiger partial charge in [0.2, 0.25) is 17.7 Å². The van der Waals surface area contributed by atoms with Gasteiger partial charge in [-0.25, -0.2) is 0 Å². The molecule has 9 nitrogen and oxygen atoms in total. The molecule has 0 spiro atoms. The summed E-state index contributed by atoms with van der Waals surface area (Å²) in [6.45, 7) is 4.91. The van der Waals surface area contributed by atoms with E-state index in [1.807, 2.05) is 7.05 Å². The number of hydrogen-bond acceptors (Lipinski definition) is 5. The fourth-order valence-electron chi connectivity index (χ4n) is 1.94. The van der Waals surface area contributed by atoms with Crippen molar-refractivity contribution in [3.05, 3.63) is 0 Å². The van der Waals surface area contributed by atoms with Crippen molar-refractivity contribution >= 4 is 23.7 Å². The van der Waals surface area contributed by atoms with Crippen molar-refractivity contribution in [1.82, 2.24) is 21.3 Å². The summed E-state index contributed by atoms with van der Waals surface area (Å²) in [5.74, 6) is -2.57. The quantitative estimate of drug-likeness (QED) is 0.304. The molecule has 0 saturated carbocycles. The Kier molecular flexibility index (Phi) is 10.4. The van der Waals surface area contributed by atoms with Gasteiger partial charge in [0.1, 0.15) is 18.1 Å². The number of unbranched alkanes of at least 4 members (excludes halogenated alkanes) is 1. The zero-order chi connectivity index (χ0) is 18.7. The number of hydrogen-bond donors (Lipinski definition) is 5. The third-order valence-corrected chi connectivity index (χ3v) is 3.34. The van der Waals surface area contributed by atoms with E-state index in [2.05, 4.69) is 21.3 Å². The first-order valence-electron chi connectivity index (χ1n) is 7.94. The summed E-state index contributed by atoms with van der Waals surface area (Å²) in [7, 11) is 1.83. The van der Waals surface area contributed by atoms with Crippen LogP contribution in [0.1, 0.15) is 40.0 Å². The van der Waals surface area contributed by atoms with Crippen molar-refractivity contribution < 1.29 is 24.3 Å². The summed E-state index contributed by atoms with van der Waals surface area (Å²) >= 11 is 0. The highest BCUT2D eigenvalue weighted by Gasteiger charge is 2.24. The van der Waals surface area contributed by atoms with E-state index in [9.17, 15) is 19.2 Å². The summed E-state index contributed by atoms with van der Waals surface area (Å²) in [6, 6.07) is -2.69. The van der Waals surface area contributed by atoms with E-state index in [1.54, 1.807) is 0 Å². The van der Waals surface area contributed by atoms with Gasteiger partial charge in [-0.15, -0.1) is 0 Å². The molecule has 0 aromatic heterocycles. The minimum atomic E-state index is -1.16. The lowest BCUT2D eigenvalue weighted by molar-refractivity contribution is -0.141. The van der Waals surface area contributed by atoms with Crippen LogP contribution in [0.15, 0.2) is 0 Å². The largest absolute Gasteiger partial charge is 0.480 e. The van der Waals surface area contributed by atoms with Crippen molar-refractivity contribution in [3.63, 3.8) is 0 Å². The highest BCUT2D eigenvalue weighted by molar-refractivity contribution is 5.92. The fraction of sp³-hybridized carbons (Fsp3) is 0.733. The van der Waals surface area contributed by atoms with Gasteiger partial charge >= 0.3 is 5.97 Å². The predicted molar refractivity (Wildman–Crippen MR) is 88.2 cm³/mol. The molecule has 3 amide bonds. The first kappa shape index (κ1) is 21.8. The maximum atomic E-state index is 12.2. The van der Waals surface area contributed by atoms with E-state index in [0.29, 0.717) is 6.42 Å². The lowest BCUT2D eigenvalue weighted by Gasteiger charge is -2.21. The molecule has 0 aromatic carbocycles. The maximum Gasteiger partial charge on any atom is 0.325 e. The van der Waals surface area contributed by atoms with Gasteiger partial charge in [0.05, 0.1) is 0 Å². The molecule has 0 aliphatic heterocycles. The Morgan fingerprint density at radius 3 is 2.00 bits per heavy atom. The summed E-state index contributed by atoms with van der Waals surface area (Å²) in [5.41, 5.74) is 0. The molecule has 0 aromatic rings. The molecule has 0 aliphatic rings. The van der Waals surface area contributed by atoms with Gasteiger partial charge in [-0.1, -0.05) is 0 Å². The van der Waals surface area contributed by atoms with Crippen LogP contribution in [0.2, 0.25) is 0 Å². The van der Waals surface area contributed by atoms with Crippen LogP contribution in [0.3, 0.4) is 0 Å². The molecule has 138 valence electrons. The average Bonchev–Trinajstić information content (AvgIpc) is 2.49. The minimum Gasteiger partial charge on any atom is -0.480 e. The van der Waals surface area contributed by atoms with Gasteiger partial charge < -0.3 is 26.4 Å². The van der Waals surface area contributed by atoms with E-state index in [4.69, 9.17) is 5.11 Å². The summed E-state index contributed by atoms with van der Waals surface area (Å²) in [5, 5.41) is 19.1. The Morgan fingerprint density at radius 1 is 0.917 bits per heavy atom. The number of rotatable bonds is 11. The maximum absolute atomic E-state index is 12.2. The lowest BCUT2D eigenvalue weighted by Crippen LogP contribution is -2.54. The van der Waals surface area contributed by atoms with Crippen LogP contribution in [-0.4, -0.2) is 60.5 Å². The van der Waals surface area contributed by atoms with Crippen molar-refractivity contribution in [2.24, 2.45) is 0 Å². The van der Waals surface area contributed by atoms with Crippen LogP contribution in [-0.2, 0) is 19.2 Å². The van der Waals surface area contributed by atoms with Gasteiger partial charge in [0, 0.05) is 6.92 Å². The Hall–Kier alpha value is -2.16. The number of carboxylic acid groups (broad SMARTS) is 1. The van der Waals surface area contributed by atoms with Gasteiger partial charge in [-0.05, 0) is 46.7 Å². The zero-order valence-electron chi connectivity index (χ0n) is 14.6. The molecule has 24 heavy (non-hydrogen) atoms. The molecule has 0 fully saturated rings.